The Morgan fingerprint density at radius 3 is 2.33 bits per heavy atom. The molecule has 1 rings (SSSR count). The molecule has 0 saturated heterocycles. The number of amides is 1. The van der Waals surface area contributed by atoms with Crippen molar-refractivity contribution < 1.29 is 4.79 Å². The normalized spacial score (nSPS) is 11.5. The fraction of sp³-hybridized carbons (Fsp3) is 0.438. The van der Waals surface area contributed by atoms with E-state index >= 15 is 0 Å². The Labute approximate surface area is 110 Å². The zero-order valence-corrected chi connectivity index (χ0v) is 11.9. The van der Waals surface area contributed by atoms with Gasteiger partial charge in [0.15, 0.2) is 0 Å². The van der Waals surface area contributed by atoms with Crippen molar-refractivity contribution in [3.05, 3.63) is 41.5 Å². The van der Waals surface area contributed by atoms with Crippen LogP contribution >= 0.6 is 0 Å². The van der Waals surface area contributed by atoms with Gasteiger partial charge in [-0.1, -0.05) is 45.9 Å². The van der Waals surface area contributed by atoms with Crippen molar-refractivity contribution in [3.63, 3.8) is 0 Å². The van der Waals surface area contributed by atoms with E-state index in [9.17, 15) is 4.79 Å². The lowest BCUT2D eigenvalue weighted by atomic mass is 9.94. The van der Waals surface area contributed by atoms with Crippen LogP contribution in [0.15, 0.2) is 30.4 Å². The molecule has 1 aromatic rings. The highest BCUT2D eigenvalue weighted by Gasteiger charge is 2.10. The Morgan fingerprint density at radius 1 is 1.17 bits per heavy atom. The van der Waals surface area contributed by atoms with E-state index in [1.54, 1.807) is 12.2 Å². The highest BCUT2D eigenvalue weighted by atomic mass is 16.1. The first kappa shape index (κ1) is 14.5. The van der Waals surface area contributed by atoms with E-state index in [1.165, 1.54) is 11.1 Å². The second-order valence-electron chi connectivity index (χ2n) is 5.15. The van der Waals surface area contributed by atoms with Gasteiger partial charge in [0.25, 0.3) is 0 Å². The van der Waals surface area contributed by atoms with E-state index in [1.807, 2.05) is 13.0 Å². The first-order valence-corrected chi connectivity index (χ1v) is 6.53. The van der Waals surface area contributed by atoms with E-state index in [4.69, 9.17) is 0 Å². The SMILES string of the molecule is CC=CC(=O)Nc1ccc(C(C)C)cc1C(C)C. The number of benzene rings is 1. The second-order valence-corrected chi connectivity index (χ2v) is 5.15. The summed E-state index contributed by atoms with van der Waals surface area (Å²) in [5, 5.41) is 2.93. The van der Waals surface area contributed by atoms with E-state index in [-0.39, 0.29) is 5.91 Å². The molecular weight excluding hydrogens is 222 g/mol. The van der Waals surface area contributed by atoms with Crippen molar-refractivity contribution >= 4 is 11.6 Å². The van der Waals surface area contributed by atoms with Gasteiger partial charge in [0.1, 0.15) is 0 Å². The Kier molecular flexibility index (Phi) is 5.14. The maximum absolute atomic E-state index is 11.6. The van der Waals surface area contributed by atoms with Gasteiger partial charge in [-0.3, -0.25) is 4.79 Å². The van der Waals surface area contributed by atoms with Crippen LogP contribution in [-0.4, -0.2) is 5.91 Å². The molecule has 0 saturated carbocycles. The summed E-state index contributed by atoms with van der Waals surface area (Å²) >= 11 is 0. The first-order chi connectivity index (χ1) is 8.45. The van der Waals surface area contributed by atoms with Crippen LogP contribution in [-0.2, 0) is 4.79 Å². The molecule has 0 aliphatic carbocycles. The number of nitrogens with one attached hydrogen (secondary N) is 1. The second kappa shape index (κ2) is 6.39. The van der Waals surface area contributed by atoms with Crippen molar-refractivity contribution in [1.29, 1.82) is 0 Å². The number of anilines is 1. The van der Waals surface area contributed by atoms with Gasteiger partial charge in [0, 0.05) is 5.69 Å². The predicted molar refractivity (Wildman–Crippen MR) is 78.1 cm³/mol. The molecule has 1 N–H and O–H groups in total. The van der Waals surface area contributed by atoms with Crippen LogP contribution in [0, 0.1) is 0 Å². The highest BCUT2D eigenvalue weighted by Crippen LogP contribution is 2.28. The number of allylic oxidation sites excluding steroid dienone is 1. The molecular formula is C16H23NO. The molecule has 0 fully saturated rings. The van der Waals surface area contributed by atoms with Gasteiger partial charge in [0.2, 0.25) is 5.91 Å². The van der Waals surface area contributed by atoms with Crippen molar-refractivity contribution in [3.8, 4) is 0 Å². The lowest BCUT2D eigenvalue weighted by Crippen LogP contribution is -2.10. The number of carbonyl (C=O) groups is 1. The Bertz CT molecular complexity index is 444. The third kappa shape index (κ3) is 3.73. The summed E-state index contributed by atoms with van der Waals surface area (Å²) in [7, 11) is 0. The summed E-state index contributed by atoms with van der Waals surface area (Å²) in [6, 6.07) is 6.29. The van der Waals surface area contributed by atoms with Crippen molar-refractivity contribution in [2.45, 2.75) is 46.5 Å². The topological polar surface area (TPSA) is 29.1 Å². The third-order valence-electron chi connectivity index (χ3n) is 2.94. The lowest BCUT2D eigenvalue weighted by Gasteiger charge is -2.16. The van der Waals surface area contributed by atoms with Gasteiger partial charge in [-0.05, 0) is 42.0 Å². The van der Waals surface area contributed by atoms with E-state index < -0.39 is 0 Å². The molecule has 0 radical (unpaired) electrons. The minimum Gasteiger partial charge on any atom is -0.322 e. The zero-order valence-electron chi connectivity index (χ0n) is 11.9. The van der Waals surface area contributed by atoms with E-state index in [0.29, 0.717) is 11.8 Å². The molecule has 2 heteroatoms. The molecule has 18 heavy (non-hydrogen) atoms. The summed E-state index contributed by atoms with van der Waals surface area (Å²) in [5.74, 6) is 0.823. The molecule has 0 unspecified atom stereocenters. The zero-order chi connectivity index (χ0) is 13.7. The molecule has 0 aliphatic heterocycles. The third-order valence-corrected chi connectivity index (χ3v) is 2.94. The summed E-state index contributed by atoms with van der Waals surface area (Å²) in [5.41, 5.74) is 3.42. The summed E-state index contributed by atoms with van der Waals surface area (Å²) in [6.07, 6.45) is 3.29. The predicted octanol–water partition coefficient (Wildman–Crippen LogP) is 4.45. The van der Waals surface area contributed by atoms with Gasteiger partial charge in [0.05, 0.1) is 0 Å². The molecule has 0 atom stereocenters. The molecule has 0 aliphatic rings. The van der Waals surface area contributed by atoms with Crippen LogP contribution < -0.4 is 5.32 Å². The minimum absolute atomic E-state index is 0.0725. The van der Waals surface area contributed by atoms with Gasteiger partial charge in [-0.2, -0.15) is 0 Å². The van der Waals surface area contributed by atoms with Crippen molar-refractivity contribution in [2.24, 2.45) is 0 Å². The molecule has 98 valence electrons. The molecule has 1 amide bonds. The average Bonchev–Trinajstić information content (AvgIpc) is 2.29. The van der Waals surface area contributed by atoms with E-state index in [2.05, 4.69) is 45.1 Å². The number of hydrogen-bond donors (Lipinski definition) is 1. The fourth-order valence-corrected chi connectivity index (χ4v) is 1.86. The van der Waals surface area contributed by atoms with Crippen LogP contribution in [0.25, 0.3) is 0 Å². The molecule has 0 spiro atoms. The maximum Gasteiger partial charge on any atom is 0.248 e. The molecule has 0 aromatic heterocycles. The van der Waals surface area contributed by atoms with Gasteiger partial charge < -0.3 is 5.32 Å². The largest absolute Gasteiger partial charge is 0.322 e. The highest BCUT2D eigenvalue weighted by molar-refractivity contribution is 5.99. The minimum atomic E-state index is -0.0725. The lowest BCUT2D eigenvalue weighted by molar-refractivity contribution is -0.111. The summed E-state index contributed by atoms with van der Waals surface area (Å²) in [4.78, 5) is 11.6. The fourth-order valence-electron chi connectivity index (χ4n) is 1.86. The van der Waals surface area contributed by atoms with Crippen LogP contribution in [0.3, 0.4) is 0 Å². The van der Waals surface area contributed by atoms with Crippen LogP contribution in [0.5, 0.6) is 0 Å². The van der Waals surface area contributed by atoms with Gasteiger partial charge in [-0.25, -0.2) is 0 Å². The van der Waals surface area contributed by atoms with Gasteiger partial charge >= 0.3 is 0 Å². The van der Waals surface area contributed by atoms with Crippen LogP contribution in [0.1, 0.15) is 57.6 Å². The summed E-state index contributed by atoms with van der Waals surface area (Å²) in [6.45, 7) is 10.5. The maximum atomic E-state index is 11.6. The van der Waals surface area contributed by atoms with E-state index in [0.717, 1.165) is 5.69 Å². The first-order valence-electron chi connectivity index (χ1n) is 6.53. The Balaban J connectivity index is 3.07. The summed E-state index contributed by atoms with van der Waals surface area (Å²) < 4.78 is 0. The average molecular weight is 245 g/mol. The molecule has 1 aromatic carbocycles. The monoisotopic (exact) mass is 245 g/mol. The van der Waals surface area contributed by atoms with Crippen LogP contribution in [0.2, 0.25) is 0 Å². The number of rotatable bonds is 4. The van der Waals surface area contributed by atoms with Gasteiger partial charge in [-0.15, -0.1) is 0 Å². The Morgan fingerprint density at radius 2 is 1.83 bits per heavy atom. The number of carbonyl (C=O) groups excluding carboxylic acids is 1. The molecule has 0 heterocycles. The van der Waals surface area contributed by atoms with Crippen molar-refractivity contribution in [2.75, 3.05) is 5.32 Å². The van der Waals surface area contributed by atoms with Crippen LogP contribution in [0.4, 0.5) is 5.69 Å². The quantitative estimate of drug-likeness (QED) is 0.780. The smallest absolute Gasteiger partial charge is 0.248 e. The molecule has 2 nitrogen and oxygen atoms in total. The molecule has 0 bridgehead atoms. The standard InChI is InChI=1S/C16H23NO/c1-6-7-16(18)17-15-9-8-13(11(2)3)10-14(15)12(4)5/h6-12H,1-5H3,(H,17,18). The number of hydrogen-bond acceptors (Lipinski definition) is 1. The Hall–Kier alpha value is -1.57. The van der Waals surface area contributed by atoms with Crippen molar-refractivity contribution in [1.82, 2.24) is 0 Å².